The van der Waals surface area contributed by atoms with Crippen molar-refractivity contribution >= 4 is 17.5 Å². The van der Waals surface area contributed by atoms with E-state index in [2.05, 4.69) is 15.5 Å². The highest BCUT2D eigenvalue weighted by atomic mass is 16.5. The van der Waals surface area contributed by atoms with Gasteiger partial charge in [0.2, 0.25) is 11.6 Å². The van der Waals surface area contributed by atoms with Crippen LogP contribution in [-0.2, 0) is 11.3 Å². The Labute approximate surface area is 139 Å². The summed E-state index contributed by atoms with van der Waals surface area (Å²) in [6, 6.07) is 9.66. The Bertz CT molecular complexity index is 775. The number of anilines is 2. The summed E-state index contributed by atoms with van der Waals surface area (Å²) in [5.41, 5.74) is 0.350. The van der Waals surface area contributed by atoms with Crippen molar-refractivity contribution in [1.29, 1.82) is 0 Å². The Hall–Kier alpha value is -2.74. The SMILES string of the molecule is COCCCNC(=O)c1nnc2n(c1=O)CCN2c1ccccc1. The van der Waals surface area contributed by atoms with E-state index >= 15 is 0 Å². The standard InChI is InChI=1S/C16H19N5O3/c1-24-11-5-8-17-14(22)13-15(23)21-10-9-20(16(21)19-18-13)12-6-3-2-4-7-12/h2-4,6-7H,5,8-11H2,1H3,(H,17,22). The largest absolute Gasteiger partial charge is 0.385 e. The summed E-state index contributed by atoms with van der Waals surface area (Å²) >= 11 is 0. The lowest BCUT2D eigenvalue weighted by atomic mass is 10.3. The van der Waals surface area contributed by atoms with E-state index in [0.29, 0.717) is 38.6 Å². The molecular formula is C16H19N5O3. The normalized spacial score (nSPS) is 13.0. The fraction of sp³-hybridized carbons (Fsp3) is 0.375. The van der Waals surface area contributed by atoms with Gasteiger partial charge in [-0.15, -0.1) is 10.2 Å². The second kappa shape index (κ2) is 7.22. The van der Waals surface area contributed by atoms with Crippen molar-refractivity contribution in [3.8, 4) is 0 Å². The topological polar surface area (TPSA) is 89.3 Å². The Morgan fingerprint density at radius 2 is 2.04 bits per heavy atom. The average Bonchev–Trinajstić information content (AvgIpc) is 3.04. The van der Waals surface area contributed by atoms with Crippen molar-refractivity contribution in [2.45, 2.75) is 13.0 Å². The predicted molar refractivity (Wildman–Crippen MR) is 88.6 cm³/mol. The monoisotopic (exact) mass is 329 g/mol. The van der Waals surface area contributed by atoms with Gasteiger partial charge in [0.15, 0.2) is 0 Å². The first-order valence-corrected chi connectivity index (χ1v) is 7.79. The number of nitrogens with one attached hydrogen (secondary N) is 1. The number of methoxy groups -OCH3 is 1. The molecular weight excluding hydrogens is 310 g/mol. The third kappa shape index (κ3) is 3.13. The van der Waals surface area contributed by atoms with Crippen LogP contribution >= 0.6 is 0 Å². The maximum atomic E-state index is 12.5. The molecule has 8 nitrogen and oxygen atoms in total. The lowest BCUT2D eigenvalue weighted by Crippen LogP contribution is -2.35. The van der Waals surface area contributed by atoms with Gasteiger partial charge in [-0.1, -0.05) is 18.2 Å². The molecule has 0 spiro atoms. The van der Waals surface area contributed by atoms with Gasteiger partial charge in [-0.05, 0) is 18.6 Å². The highest BCUT2D eigenvalue weighted by molar-refractivity contribution is 5.91. The van der Waals surface area contributed by atoms with Gasteiger partial charge in [0.1, 0.15) is 0 Å². The van der Waals surface area contributed by atoms with Crippen LogP contribution in [-0.4, -0.2) is 47.5 Å². The van der Waals surface area contributed by atoms with Crippen molar-refractivity contribution in [3.05, 3.63) is 46.4 Å². The molecule has 1 amide bonds. The smallest absolute Gasteiger partial charge is 0.286 e. The van der Waals surface area contributed by atoms with Crippen molar-refractivity contribution in [2.24, 2.45) is 0 Å². The van der Waals surface area contributed by atoms with E-state index in [1.165, 1.54) is 4.57 Å². The van der Waals surface area contributed by atoms with E-state index in [0.717, 1.165) is 5.69 Å². The molecule has 0 radical (unpaired) electrons. The number of rotatable bonds is 6. The molecule has 0 aliphatic carbocycles. The summed E-state index contributed by atoms with van der Waals surface area (Å²) in [4.78, 5) is 26.5. The number of hydrogen-bond donors (Lipinski definition) is 1. The minimum Gasteiger partial charge on any atom is -0.385 e. The minimum absolute atomic E-state index is 0.175. The number of nitrogens with zero attached hydrogens (tertiary/aromatic N) is 4. The summed E-state index contributed by atoms with van der Waals surface area (Å²) in [6.45, 7) is 2.06. The fourth-order valence-electron chi connectivity index (χ4n) is 2.61. The number of fused-ring (bicyclic) bond motifs is 1. The molecule has 24 heavy (non-hydrogen) atoms. The number of para-hydroxylation sites is 1. The Morgan fingerprint density at radius 1 is 1.25 bits per heavy atom. The molecule has 0 fully saturated rings. The van der Waals surface area contributed by atoms with Crippen LogP contribution in [0.2, 0.25) is 0 Å². The van der Waals surface area contributed by atoms with E-state index in [4.69, 9.17) is 4.74 Å². The molecule has 0 saturated carbocycles. The van der Waals surface area contributed by atoms with Crippen LogP contribution < -0.4 is 15.8 Å². The van der Waals surface area contributed by atoms with E-state index in [1.54, 1.807) is 7.11 Å². The van der Waals surface area contributed by atoms with Gasteiger partial charge in [0, 0.05) is 39.0 Å². The van der Waals surface area contributed by atoms with Crippen molar-refractivity contribution in [2.75, 3.05) is 31.7 Å². The Kier molecular flexibility index (Phi) is 4.85. The van der Waals surface area contributed by atoms with Gasteiger partial charge >= 0.3 is 0 Å². The first kappa shape index (κ1) is 16.1. The zero-order valence-electron chi connectivity index (χ0n) is 13.4. The van der Waals surface area contributed by atoms with Crippen molar-refractivity contribution in [1.82, 2.24) is 20.1 Å². The Balaban J connectivity index is 1.80. The summed E-state index contributed by atoms with van der Waals surface area (Å²) in [7, 11) is 1.60. The van der Waals surface area contributed by atoms with E-state index in [-0.39, 0.29) is 5.69 Å². The van der Waals surface area contributed by atoms with Crippen molar-refractivity contribution in [3.63, 3.8) is 0 Å². The first-order chi connectivity index (χ1) is 11.7. The van der Waals surface area contributed by atoms with Crippen LogP contribution in [0, 0.1) is 0 Å². The number of carbonyl (C=O) groups is 1. The zero-order chi connectivity index (χ0) is 16.9. The molecule has 3 rings (SSSR count). The number of hydrogen-bond acceptors (Lipinski definition) is 6. The maximum Gasteiger partial charge on any atom is 0.286 e. The fourth-order valence-corrected chi connectivity index (χ4v) is 2.61. The average molecular weight is 329 g/mol. The molecule has 2 heterocycles. The van der Waals surface area contributed by atoms with Crippen molar-refractivity contribution < 1.29 is 9.53 Å². The molecule has 0 atom stereocenters. The summed E-state index contributed by atoms with van der Waals surface area (Å²) in [5, 5.41) is 10.6. The Morgan fingerprint density at radius 3 is 2.79 bits per heavy atom. The molecule has 126 valence electrons. The van der Waals surface area contributed by atoms with Gasteiger partial charge in [-0.25, -0.2) is 0 Å². The number of carbonyl (C=O) groups excluding carboxylic acids is 1. The van der Waals surface area contributed by atoms with Gasteiger partial charge in [-0.3, -0.25) is 14.2 Å². The number of aromatic nitrogens is 3. The van der Waals surface area contributed by atoms with Gasteiger partial charge in [0.25, 0.3) is 11.5 Å². The number of ether oxygens (including phenoxy) is 1. The molecule has 1 aromatic heterocycles. The molecule has 1 aromatic carbocycles. The van der Waals surface area contributed by atoms with Crippen LogP contribution in [0.3, 0.4) is 0 Å². The van der Waals surface area contributed by atoms with Crippen LogP contribution in [0.4, 0.5) is 11.6 Å². The number of benzene rings is 1. The van der Waals surface area contributed by atoms with Gasteiger partial charge in [0.05, 0.1) is 0 Å². The third-order valence-electron chi connectivity index (χ3n) is 3.81. The lowest BCUT2D eigenvalue weighted by Gasteiger charge is -2.16. The molecule has 1 aliphatic rings. The van der Waals surface area contributed by atoms with E-state index in [9.17, 15) is 9.59 Å². The third-order valence-corrected chi connectivity index (χ3v) is 3.81. The molecule has 8 heteroatoms. The maximum absolute atomic E-state index is 12.5. The second-order valence-corrected chi connectivity index (χ2v) is 5.39. The minimum atomic E-state index is -0.503. The predicted octanol–water partition coefficient (Wildman–Crippen LogP) is 0.556. The molecule has 1 aliphatic heterocycles. The highest BCUT2D eigenvalue weighted by Gasteiger charge is 2.26. The molecule has 0 bridgehead atoms. The molecule has 2 aromatic rings. The molecule has 1 N–H and O–H groups in total. The number of amides is 1. The van der Waals surface area contributed by atoms with Gasteiger partial charge < -0.3 is 15.0 Å². The van der Waals surface area contributed by atoms with Crippen LogP contribution in [0.5, 0.6) is 0 Å². The summed E-state index contributed by atoms with van der Waals surface area (Å²) in [5.74, 6) is -0.0424. The van der Waals surface area contributed by atoms with Gasteiger partial charge in [-0.2, -0.15) is 0 Å². The second-order valence-electron chi connectivity index (χ2n) is 5.39. The lowest BCUT2D eigenvalue weighted by molar-refractivity contribution is 0.0940. The van der Waals surface area contributed by atoms with Crippen LogP contribution in [0.25, 0.3) is 0 Å². The van der Waals surface area contributed by atoms with E-state index in [1.807, 2.05) is 35.2 Å². The molecule has 0 saturated heterocycles. The molecule has 0 unspecified atom stereocenters. The summed E-state index contributed by atoms with van der Waals surface area (Å²) < 4.78 is 6.41. The zero-order valence-corrected chi connectivity index (χ0v) is 13.4. The van der Waals surface area contributed by atoms with Crippen LogP contribution in [0.15, 0.2) is 35.1 Å². The van der Waals surface area contributed by atoms with E-state index < -0.39 is 11.5 Å². The highest BCUT2D eigenvalue weighted by Crippen LogP contribution is 2.25. The quantitative estimate of drug-likeness (QED) is 0.779. The summed E-state index contributed by atoms with van der Waals surface area (Å²) in [6.07, 6.45) is 0.670. The first-order valence-electron chi connectivity index (χ1n) is 7.79. The van der Waals surface area contributed by atoms with Crippen LogP contribution in [0.1, 0.15) is 16.9 Å².